The molecule has 24 heavy (non-hydrogen) atoms. The average molecular weight is 339 g/mol. The second-order valence-electron chi connectivity index (χ2n) is 7.00. The molecule has 1 N–H and O–H groups in total. The van der Waals surface area contributed by atoms with E-state index in [0.717, 1.165) is 6.42 Å². The minimum absolute atomic E-state index is 0.0484. The third-order valence-corrected chi connectivity index (χ3v) is 4.60. The molecule has 0 aliphatic carbocycles. The first kappa shape index (κ1) is 18.7. The highest BCUT2D eigenvalue weighted by atomic mass is 16.5. The lowest BCUT2D eigenvalue weighted by Crippen LogP contribution is -2.55. The molecule has 2 aliphatic heterocycles. The monoisotopic (exact) mass is 339 g/mol. The van der Waals surface area contributed by atoms with Crippen molar-refractivity contribution in [1.29, 1.82) is 0 Å². The number of nitrogens with zero attached hydrogens (tertiary/aromatic N) is 2. The summed E-state index contributed by atoms with van der Waals surface area (Å²) < 4.78 is 5.29. The zero-order chi connectivity index (χ0) is 17.7. The van der Waals surface area contributed by atoms with Gasteiger partial charge in [-0.25, -0.2) is 0 Å². The average Bonchev–Trinajstić information content (AvgIpc) is 3.04. The van der Waals surface area contributed by atoms with Gasteiger partial charge in [-0.1, -0.05) is 13.8 Å². The highest BCUT2D eigenvalue weighted by Gasteiger charge is 2.35. The van der Waals surface area contributed by atoms with Crippen molar-refractivity contribution in [3.8, 4) is 0 Å². The Morgan fingerprint density at radius 3 is 2.42 bits per heavy atom. The number of nitrogens with one attached hydrogen (secondary N) is 1. The first-order valence-corrected chi connectivity index (χ1v) is 8.84. The molecule has 0 aromatic carbocycles. The Kier molecular flexibility index (Phi) is 6.60. The second kappa shape index (κ2) is 8.46. The lowest BCUT2D eigenvalue weighted by atomic mass is 10.0. The van der Waals surface area contributed by atoms with Crippen LogP contribution in [0.1, 0.15) is 40.0 Å². The van der Waals surface area contributed by atoms with Crippen LogP contribution >= 0.6 is 0 Å². The van der Waals surface area contributed by atoms with Gasteiger partial charge in [-0.15, -0.1) is 0 Å². The van der Waals surface area contributed by atoms with Crippen molar-refractivity contribution in [2.24, 2.45) is 5.92 Å². The molecule has 0 unspecified atom stereocenters. The molecular formula is C17H29N3O4. The second-order valence-corrected chi connectivity index (χ2v) is 7.00. The van der Waals surface area contributed by atoms with Crippen molar-refractivity contribution in [3.63, 3.8) is 0 Å². The number of ether oxygens (including phenoxy) is 1. The van der Waals surface area contributed by atoms with Crippen molar-refractivity contribution in [3.05, 3.63) is 0 Å². The highest BCUT2D eigenvalue weighted by molar-refractivity contribution is 5.92. The summed E-state index contributed by atoms with van der Waals surface area (Å²) in [6.07, 6.45) is 2.07. The summed E-state index contributed by atoms with van der Waals surface area (Å²) >= 11 is 0. The molecule has 7 heteroatoms. The Hall–Kier alpha value is -1.63. The third-order valence-electron chi connectivity index (χ3n) is 4.60. The predicted octanol–water partition coefficient (Wildman–Crippen LogP) is 0.387. The van der Waals surface area contributed by atoms with E-state index in [0.29, 0.717) is 45.7 Å². The largest absolute Gasteiger partial charge is 0.378 e. The normalized spacial score (nSPS) is 22.6. The maximum absolute atomic E-state index is 12.8. The summed E-state index contributed by atoms with van der Waals surface area (Å²) in [5.41, 5.74) is 0. The van der Waals surface area contributed by atoms with Crippen molar-refractivity contribution in [1.82, 2.24) is 15.1 Å². The van der Waals surface area contributed by atoms with E-state index >= 15 is 0 Å². The van der Waals surface area contributed by atoms with Gasteiger partial charge < -0.3 is 19.9 Å². The van der Waals surface area contributed by atoms with Crippen LogP contribution in [0.5, 0.6) is 0 Å². The van der Waals surface area contributed by atoms with E-state index in [1.165, 1.54) is 6.92 Å². The number of amides is 3. The molecule has 0 radical (unpaired) electrons. The summed E-state index contributed by atoms with van der Waals surface area (Å²) in [6, 6.07) is -0.986. The maximum Gasteiger partial charge on any atom is 0.245 e. The van der Waals surface area contributed by atoms with Gasteiger partial charge in [0.25, 0.3) is 0 Å². The smallest absolute Gasteiger partial charge is 0.245 e. The molecule has 2 atom stereocenters. The molecule has 3 amide bonds. The summed E-state index contributed by atoms with van der Waals surface area (Å²) in [7, 11) is 0. The molecule has 0 saturated carbocycles. The van der Waals surface area contributed by atoms with Crippen LogP contribution in [0.4, 0.5) is 0 Å². The molecule has 7 nitrogen and oxygen atoms in total. The van der Waals surface area contributed by atoms with Gasteiger partial charge in [-0.05, 0) is 25.2 Å². The minimum Gasteiger partial charge on any atom is -0.378 e. The van der Waals surface area contributed by atoms with E-state index in [4.69, 9.17) is 4.74 Å². The Balaban J connectivity index is 2.03. The van der Waals surface area contributed by atoms with Gasteiger partial charge in [0.05, 0.1) is 13.2 Å². The van der Waals surface area contributed by atoms with E-state index < -0.39 is 12.1 Å². The molecule has 0 aromatic heterocycles. The molecule has 2 fully saturated rings. The van der Waals surface area contributed by atoms with E-state index in [1.54, 1.807) is 9.80 Å². The molecular weight excluding hydrogens is 310 g/mol. The Morgan fingerprint density at radius 1 is 1.17 bits per heavy atom. The van der Waals surface area contributed by atoms with Crippen LogP contribution in [0.15, 0.2) is 0 Å². The summed E-state index contributed by atoms with van der Waals surface area (Å²) in [5.74, 6) is -0.0666. The number of hydrogen-bond acceptors (Lipinski definition) is 4. The van der Waals surface area contributed by atoms with Crippen LogP contribution in [-0.4, -0.2) is 72.5 Å². The Morgan fingerprint density at radius 2 is 1.83 bits per heavy atom. The lowest BCUT2D eigenvalue weighted by Gasteiger charge is -2.32. The summed E-state index contributed by atoms with van der Waals surface area (Å²) in [5, 5.41) is 2.91. The van der Waals surface area contributed by atoms with Crippen molar-refractivity contribution in [2.45, 2.75) is 52.1 Å². The molecule has 136 valence electrons. The molecule has 0 spiro atoms. The molecule has 2 heterocycles. The fourth-order valence-corrected chi connectivity index (χ4v) is 3.38. The first-order valence-electron chi connectivity index (χ1n) is 8.84. The van der Waals surface area contributed by atoms with Crippen LogP contribution in [0.3, 0.4) is 0 Å². The maximum atomic E-state index is 12.8. The number of rotatable bonds is 5. The highest BCUT2D eigenvalue weighted by Crippen LogP contribution is 2.18. The number of carbonyl (C=O) groups excluding carboxylic acids is 3. The standard InChI is InChI=1S/C17H29N3O4/c1-12(2)11-14(17(23)19-7-9-24-10-8-19)18-16(22)15-5-4-6-20(15)13(3)21/h12,14-15H,4-11H2,1-3H3,(H,18,22)/t14-,15-/m0/s1. The van der Waals surface area contributed by atoms with E-state index in [9.17, 15) is 14.4 Å². The molecule has 2 saturated heterocycles. The van der Waals surface area contributed by atoms with E-state index in [1.807, 2.05) is 13.8 Å². The Bertz CT molecular complexity index is 474. The van der Waals surface area contributed by atoms with Crippen molar-refractivity contribution in [2.75, 3.05) is 32.8 Å². The van der Waals surface area contributed by atoms with E-state index in [2.05, 4.69) is 5.32 Å². The molecule has 2 rings (SSSR count). The fourth-order valence-electron chi connectivity index (χ4n) is 3.38. The Labute approximate surface area is 143 Å². The number of morpholine rings is 1. The predicted molar refractivity (Wildman–Crippen MR) is 89.2 cm³/mol. The van der Waals surface area contributed by atoms with E-state index in [-0.39, 0.29) is 23.6 Å². The fraction of sp³-hybridized carbons (Fsp3) is 0.824. The number of hydrogen-bond donors (Lipinski definition) is 1. The van der Waals surface area contributed by atoms with Gasteiger partial charge >= 0.3 is 0 Å². The first-order chi connectivity index (χ1) is 11.4. The molecule has 0 bridgehead atoms. The summed E-state index contributed by atoms with van der Waals surface area (Å²) in [6.45, 7) is 8.35. The zero-order valence-electron chi connectivity index (χ0n) is 14.9. The zero-order valence-corrected chi connectivity index (χ0v) is 14.9. The van der Waals surface area contributed by atoms with Crippen LogP contribution in [0.25, 0.3) is 0 Å². The van der Waals surface area contributed by atoms with Gasteiger partial charge in [-0.2, -0.15) is 0 Å². The molecule has 2 aliphatic rings. The SMILES string of the molecule is CC(=O)N1CCC[C@H]1C(=O)N[C@@H](CC(C)C)C(=O)N1CCOCC1. The van der Waals surface area contributed by atoms with Gasteiger partial charge in [0.2, 0.25) is 17.7 Å². The van der Waals surface area contributed by atoms with Gasteiger partial charge in [0.1, 0.15) is 12.1 Å². The van der Waals surface area contributed by atoms with Crippen molar-refractivity contribution < 1.29 is 19.1 Å². The van der Waals surface area contributed by atoms with Gasteiger partial charge in [0.15, 0.2) is 0 Å². The summed E-state index contributed by atoms with van der Waals surface area (Å²) in [4.78, 5) is 40.4. The van der Waals surface area contributed by atoms with Crippen LogP contribution in [-0.2, 0) is 19.1 Å². The lowest BCUT2D eigenvalue weighted by molar-refractivity contribution is -0.142. The third kappa shape index (κ3) is 4.69. The topological polar surface area (TPSA) is 79.0 Å². The van der Waals surface area contributed by atoms with Crippen LogP contribution in [0, 0.1) is 5.92 Å². The van der Waals surface area contributed by atoms with Crippen molar-refractivity contribution >= 4 is 17.7 Å². The number of carbonyl (C=O) groups is 3. The number of likely N-dealkylation sites (tertiary alicyclic amines) is 1. The minimum atomic E-state index is -0.537. The quantitative estimate of drug-likeness (QED) is 0.786. The van der Waals surface area contributed by atoms with Crippen LogP contribution < -0.4 is 5.32 Å². The van der Waals surface area contributed by atoms with Crippen LogP contribution in [0.2, 0.25) is 0 Å². The van der Waals surface area contributed by atoms with Gasteiger partial charge in [-0.3, -0.25) is 14.4 Å². The molecule has 0 aromatic rings. The van der Waals surface area contributed by atoms with Gasteiger partial charge in [0, 0.05) is 26.6 Å².